The highest BCUT2D eigenvalue weighted by Crippen LogP contribution is 2.41. The second kappa shape index (κ2) is 5.14. The molecule has 0 fully saturated rings. The summed E-state index contributed by atoms with van der Waals surface area (Å²) >= 11 is 5.45. The van der Waals surface area contributed by atoms with E-state index in [2.05, 4.69) is 50.6 Å². The highest BCUT2D eigenvalue weighted by atomic mass is 79.9. The van der Waals surface area contributed by atoms with Gasteiger partial charge >= 0.3 is 0 Å². The quantitative estimate of drug-likeness (QED) is 0.766. The van der Waals surface area contributed by atoms with Crippen molar-refractivity contribution in [1.29, 1.82) is 0 Å². The fraction of sp³-hybridized carbons (Fsp3) is 0.400. The maximum atomic E-state index is 4.47. The zero-order valence-electron chi connectivity index (χ0n) is 10.2. The molecular formula is C15H16BrNS. The molecule has 0 saturated carbocycles. The van der Waals surface area contributed by atoms with E-state index in [1.807, 2.05) is 5.51 Å². The number of fused-ring (bicyclic) bond motifs is 1. The van der Waals surface area contributed by atoms with Crippen LogP contribution in [-0.4, -0.2) is 10.3 Å². The molecule has 2 aromatic rings. The van der Waals surface area contributed by atoms with Gasteiger partial charge in [0.25, 0.3) is 0 Å². The lowest BCUT2D eigenvalue weighted by atomic mass is 9.69. The molecule has 0 radical (unpaired) electrons. The van der Waals surface area contributed by atoms with Crippen molar-refractivity contribution in [2.24, 2.45) is 0 Å². The average molecular weight is 322 g/mol. The summed E-state index contributed by atoms with van der Waals surface area (Å²) < 4.78 is 0. The van der Waals surface area contributed by atoms with E-state index in [-0.39, 0.29) is 5.41 Å². The Morgan fingerprint density at radius 2 is 2.22 bits per heavy atom. The van der Waals surface area contributed by atoms with E-state index in [1.165, 1.54) is 36.1 Å². The van der Waals surface area contributed by atoms with E-state index in [4.69, 9.17) is 0 Å². The third kappa shape index (κ3) is 2.14. The van der Waals surface area contributed by atoms with Crippen LogP contribution in [0.1, 0.15) is 29.7 Å². The number of benzene rings is 1. The van der Waals surface area contributed by atoms with E-state index in [0.29, 0.717) is 0 Å². The normalized spacial score (nSPS) is 22.7. The number of halogens is 1. The van der Waals surface area contributed by atoms with E-state index in [1.54, 1.807) is 11.3 Å². The van der Waals surface area contributed by atoms with Crippen molar-refractivity contribution < 1.29 is 0 Å². The van der Waals surface area contributed by atoms with Crippen molar-refractivity contribution in [1.82, 2.24) is 4.98 Å². The first-order valence-corrected chi connectivity index (χ1v) is 8.42. The molecule has 1 aromatic heterocycles. The summed E-state index contributed by atoms with van der Waals surface area (Å²) in [5.41, 5.74) is 6.46. The molecule has 0 saturated heterocycles. The number of aromatic nitrogens is 1. The van der Waals surface area contributed by atoms with Gasteiger partial charge in [0.1, 0.15) is 0 Å². The molecule has 3 heteroatoms. The summed E-state index contributed by atoms with van der Waals surface area (Å²) in [6.07, 6.45) is 4.82. The maximum Gasteiger partial charge on any atom is 0.0794 e. The van der Waals surface area contributed by atoms with Crippen LogP contribution in [0.5, 0.6) is 0 Å². The summed E-state index contributed by atoms with van der Waals surface area (Å²) in [7, 11) is 0. The van der Waals surface area contributed by atoms with Crippen LogP contribution in [0.25, 0.3) is 0 Å². The first-order chi connectivity index (χ1) is 8.84. The van der Waals surface area contributed by atoms with Gasteiger partial charge in [-0.2, -0.15) is 0 Å². The van der Waals surface area contributed by atoms with Crippen LogP contribution in [0.3, 0.4) is 0 Å². The Hall–Kier alpha value is -0.670. The lowest BCUT2D eigenvalue weighted by molar-refractivity contribution is 0.398. The van der Waals surface area contributed by atoms with Crippen LogP contribution in [-0.2, 0) is 18.3 Å². The highest BCUT2D eigenvalue weighted by Gasteiger charge is 2.35. The molecule has 1 aliphatic carbocycles. The van der Waals surface area contributed by atoms with Crippen molar-refractivity contribution in [2.75, 3.05) is 5.33 Å². The lowest BCUT2D eigenvalue weighted by Gasteiger charge is -2.37. The second-order valence-electron chi connectivity index (χ2n) is 5.08. The molecule has 1 aliphatic rings. The molecule has 18 heavy (non-hydrogen) atoms. The summed E-state index contributed by atoms with van der Waals surface area (Å²) in [5, 5.41) is 3.20. The highest BCUT2D eigenvalue weighted by molar-refractivity contribution is 9.09. The minimum absolute atomic E-state index is 0.239. The van der Waals surface area contributed by atoms with Gasteiger partial charge in [-0.15, -0.1) is 11.3 Å². The largest absolute Gasteiger partial charge is 0.250 e. The molecule has 3 rings (SSSR count). The summed E-state index contributed by atoms with van der Waals surface area (Å²) in [5.74, 6) is 0. The molecule has 1 nitrogen and oxygen atoms in total. The minimum atomic E-state index is 0.239. The van der Waals surface area contributed by atoms with Gasteiger partial charge in [0.05, 0.1) is 11.2 Å². The van der Waals surface area contributed by atoms with Gasteiger partial charge in [-0.1, -0.05) is 40.2 Å². The first-order valence-electron chi connectivity index (χ1n) is 6.35. The topological polar surface area (TPSA) is 12.9 Å². The van der Waals surface area contributed by atoms with Crippen LogP contribution >= 0.6 is 27.3 Å². The van der Waals surface area contributed by atoms with Crippen LogP contribution in [0.4, 0.5) is 0 Å². The van der Waals surface area contributed by atoms with Crippen molar-refractivity contribution in [3.05, 3.63) is 52.0 Å². The van der Waals surface area contributed by atoms with Crippen LogP contribution in [0, 0.1) is 0 Å². The van der Waals surface area contributed by atoms with Crippen molar-refractivity contribution in [2.45, 2.75) is 31.1 Å². The van der Waals surface area contributed by atoms with Gasteiger partial charge in [0.15, 0.2) is 0 Å². The van der Waals surface area contributed by atoms with Crippen LogP contribution < -0.4 is 0 Å². The Balaban J connectivity index is 2.02. The molecule has 1 heterocycles. The van der Waals surface area contributed by atoms with Crippen LogP contribution in [0.2, 0.25) is 0 Å². The van der Waals surface area contributed by atoms with Gasteiger partial charge < -0.3 is 0 Å². The average Bonchev–Trinajstić information content (AvgIpc) is 2.92. The van der Waals surface area contributed by atoms with Crippen molar-refractivity contribution >= 4 is 27.3 Å². The molecule has 1 unspecified atom stereocenters. The van der Waals surface area contributed by atoms with Crippen molar-refractivity contribution in [3.8, 4) is 0 Å². The number of rotatable bonds is 3. The molecule has 0 amide bonds. The molecule has 0 aliphatic heterocycles. The van der Waals surface area contributed by atoms with Gasteiger partial charge in [0.2, 0.25) is 0 Å². The number of aryl methyl sites for hydroxylation is 1. The van der Waals surface area contributed by atoms with Gasteiger partial charge in [-0.05, 0) is 30.4 Å². The second-order valence-corrected chi connectivity index (χ2v) is 6.36. The molecule has 1 atom stereocenters. The molecular weight excluding hydrogens is 306 g/mol. The number of thiazole rings is 1. The lowest BCUT2D eigenvalue weighted by Crippen LogP contribution is -2.35. The Morgan fingerprint density at radius 1 is 1.33 bits per heavy atom. The standard InChI is InChI=1S/C15H16BrNS/c16-10-15(8-13-9-18-11-17-13)7-3-5-12-4-1-2-6-14(12)15/h1-2,4,6,9,11H,3,5,7-8,10H2. The molecule has 0 bridgehead atoms. The first kappa shape index (κ1) is 12.4. The van der Waals surface area contributed by atoms with E-state index >= 15 is 0 Å². The zero-order valence-corrected chi connectivity index (χ0v) is 12.6. The van der Waals surface area contributed by atoms with Gasteiger partial charge in [-0.25, -0.2) is 4.98 Å². The fourth-order valence-corrected chi connectivity index (χ4v) is 4.39. The Bertz CT molecular complexity index is 523. The summed E-state index contributed by atoms with van der Waals surface area (Å²) in [6, 6.07) is 8.92. The zero-order chi connectivity index (χ0) is 12.4. The van der Waals surface area contributed by atoms with E-state index < -0.39 is 0 Å². The number of hydrogen-bond acceptors (Lipinski definition) is 2. The SMILES string of the molecule is BrCC1(Cc2cscn2)CCCc2ccccc21. The minimum Gasteiger partial charge on any atom is -0.250 e. The monoisotopic (exact) mass is 321 g/mol. The molecule has 0 spiro atoms. The molecule has 94 valence electrons. The Labute approximate surface area is 120 Å². The fourth-order valence-electron chi connectivity index (χ4n) is 3.05. The third-order valence-electron chi connectivity index (χ3n) is 3.95. The Kier molecular flexibility index (Phi) is 3.53. The smallest absolute Gasteiger partial charge is 0.0794 e. The number of nitrogens with zero attached hydrogens (tertiary/aromatic N) is 1. The van der Waals surface area contributed by atoms with E-state index in [0.717, 1.165) is 11.8 Å². The predicted octanol–water partition coefficient (Wildman–Crippen LogP) is 4.35. The van der Waals surface area contributed by atoms with Gasteiger partial charge in [0, 0.05) is 22.5 Å². The maximum absolute atomic E-state index is 4.47. The number of hydrogen-bond donors (Lipinski definition) is 0. The van der Waals surface area contributed by atoms with Crippen LogP contribution in [0.15, 0.2) is 35.2 Å². The predicted molar refractivity (Wildman–Crippen MR) is 80.7 cm³/mol. The molecule has 1 aromatic carbocycles. The Morgan fingerprint density at radius 3 is 3.00 bits per heavy atom. The third-order valence-corrected chi connectivity index (χ3v) is 5.66. The molecule has 0 N–H and O–H groups in total. The summed E-state index contributed by atoms with van der Waals surface area (Å²) in [6.45, 7) is 0. The summed E-state index contributed by atoms with van der Waals surface area (Å²) in [4.78, 5) is 4.47. The number of alkyl halides is 1. The van der Waals surface area contributed by atoms with E-state index in [9.17, 15) is 0 Å². The van der Waals surface area contributed by atoms with Gasteiger partial charge in [-0.3, -0.25) is 0 Å². The van der Waals surface area contributed by atoms with Crippen molar-refractivity contribution in [3.63, 3.8) is 0 Å².